The van der Waals surface area contributed by atoms with Gasteiger partial charge in [0, 0.05) is 39.1 Å². The highest BCUT2D eigenvalue weighted by atomic mass is 15.2. The molecule has 11 aromatic carbocycles. The Morgan fingerprint density at radius 1 is 0.300 bits per heavy atom. The molecular weight excluding hydrogens is 847 g/mol. The quantitative estimate of drug-likeness (QED) is 0.158. The highest BCUT2D eigenvalue weighted by molar-refractivity contribution is 6.09. The summed E-state index contributed by atoms with van der Waals surface area (Å²) in [5, 5.41) is 2.50. The summed E-state index contributed by atoms with van der Waals surface area (Å²) >= 11 is 0. The SMILES string of the molecule is c1ccc(-c2cccc(-c3ccccc3N(c3ccc(-n4c5ccccc5c5ccccc54)cc3)c3ccc4c(c3)C3(c5ccccc5-4)c4ccccc4N(c4ccccc4)c4ccccc43)c2)cc1. The zero-order valence-corrected chi connectivity index (χ0v) is 38.3. The maximum absolute atomic E-state index is 2.50. The van der Waals surface area contributed by atoms with E-state index < -0.39 is 5.41 Å². The van der Waals surface area contributed by atoms with Crippen LogP contribution in [0.4, 0.5) is 34.1 Å². The van der Waals surface area contributed by atoms with Crippen LogP contribution >= 0.6 is 0 Å². The van der Waals surface area contributed by atoms with Crippen molar-refractivity contribution in [2.75, 3.05) is 9.80 Å². The average Bonchev–Trinajstić information content (AvgIpc) is 3.93. The van der Waals surface area contributed by atoms with Crippen LogP contribution in [0.25, 0.3) is 60.9 Å². The monoisotopic (exact) mass is 891 g/mol. The molecule has 0 radical (unpaired) electrons. The van der Waals surface area contributed by atoms with Gasteiger partial charge in [-0.2, -0.15) is 0 Å². The second-order valence-corrected chi connectivity index (χ2v) is 18.4. The topological polar surface area (TPSA) is 11.4 Å². The van der Waals surface area contributed by atoms with Gasteiger partial charge >= 0.3 is 0 Å². The number of aromatic nitrogens is 1. The molecule has 0 unspecified atom stereocenters. The molecule has 1 aliphatic heterocycles. The standard InChI is InChI=1S/C67H45N3/c1-3-20-46(21-4-1)47-22-19-23-48(44-47)53-26-8-14-33-62(53)68(50-38-40-51(41-39-50)69-63-34-15-9-28-56(63)57-29-10-16-35-64(57)69)52-42-43-55-54-27-7-11-30-58(54)67(61(55)45-52)59-31-12-17-36-65(59)70(49-24-5-2-6-25-49)66-37-18-13-32-60(66)67/h1-45H. The first-order chi connectivity index (χ1) is 34.8. The Hall–Kier alpha value is -9.18. The van der Waals surface area contributed by atoms with Gasteiger partial charge in [-0.05, 0) is 135 Å². The molecule has 0 saturated carbocycles. The second kappa shape index (κ2) is 16.0. The number of nitrogens with zero attached hydrogens (tertiary/aromatic N) is 3. The summed E-state index contributed by atoms with van der Waals surface area (Å²) < 4.78 is 2.40. The molecule has 0 fully saturated rings. The lowest BCUT2D eigenvalue weighted by Gasteiger charge is -2.45. The minimum atomic E-state index is -0.601. The van der Waals surface area contributed by atoms with Gasteiger partial charge in [0.1, 0.15) is 0 Å². The van der Waals surface area contributed by atoms with E-state index in [-0.39, 0.29) is 0 Å². The van der Waals surface area contributed by atoms with E-state index in [1.54, 1.807) is 0 Å². The van der Waals surface area contributed by atoms with Crippen LogP contribution in [0.2, 0.25) is 0 Å². The van der Waals surface area contributed by atoms with Crippen LogP contribution in [0.5, 0.6) is 0 Å². The van der Waals surface area contributed by atoms with Crippen molar-refractivity contribution in [2.24, 2.45) is 0 Å². The van der Waals surface area contributed by atoms with E-state index >= 15 is 0 Å². The molecule has 1 aromatic heterocycles. The largest absolute Gasteiger partial charge is 0.310 e. The van der Waals surface area contributed by atoms with Gasteiger partial charge in [-0.25, -0.2) is 0 Å². The lowest BCUT2D eigenvalue weighted by molar-refractivity contribution is 0.752. The molecule has 3 heteroatoms. The summed E-state index contributed by atoms with van der Waals surface area (Å²) in [6, 6.07) is 100. The highest BCUT2D eigenvalue weighted by Crippen LogP contribution is 2.64. The molecule has 12 aromatic rings. The minimum absolute atomic E-state index is 0.601. The van der Waals surface area contributed by atoms with Gasteiger partial charge in [0.05, 0.1) is 33.5 Å². The Balaban J connectivity index is 1.01. The molecule has 328 valence electrons. The molecular formula is C67H45N3. The number of rotatable bonds is 7. The third kappa shape index (κ3) is 5.95. The van der Waals surface area contributed by atoms with E-state index in [2.05, 4.69) is 287 Å². The number of anilines is 6. The number of hydrogen-bond donors (Lipinski definition) is 0. The molecule has 0 amide bonds. The van der Waals surface area contributed by atoms with Crippen LogP contribution in [0.1, 0.15) is 22.3 Å². The van der Waals surface area contributed by atoms with Crippen molar-refractivity contribution in [2.45, 2.75) is 5.41 Å². The molecule has 1 aliphatic carbocycles. The molecule has 70 heavy (non-hydrogen) atoms. The molecule has 1 spiro atoms. The van der Waals surface area contributed by atoms with Gasteiger partial charge in [0.25, 0.3) is 0 Å². The molecule has 0 atom stereocenters. The van der Waals surface area contributed by atoms with Crippen LogP contribution < -0.4 is 9.80 Å². The predicted octanol–water partition coefficient (Wildman–Crippen LogP) is 17.7. The zero-order chi connectivity index (χ0) is 46.2. The Morgan fingerprint density at radius 2 is 0.814 bits per heavy atom. The third-order valence-electron chi connectivity index (χ3n) is 14.8. The van der Waals surface area contributed by atoms with Gasteiger partial charge < -0.3 is 14.4 Å². The lowest BCUT2D eigenvalue weighted by atomic mass is 9.64. The van der Waals surface area contributed by atoms with E-state index in [0.717, 1.165) is 39.6 Å². The van der Waals surface area contributed by atoms with Crippen LogP contribution in [0.15, 0.2) is 273 Å². The fraction of sp³-hybridized carbons (Fsp3) is 0.0149. The molecule has 2 aliphatic rings. The Morgan fingerprint density at radius 3 is 1.51 bits per heavy atom. The third-order valence-corrected chi connectivity index (χ3v) is 14.8. The summed E-state index contributed by atoms with van der Waals surface area (Å²) in [6.45, 7) is 0. The predicted molar refractivity (Wildman–Crippen MR) is 292 cm³/mol. The first-order valence-corrected chi connectivity index (χ1v) is 24.2. The second-order valence-electron chi connectivity index (χ2n) is 18.4. The molecule has 2 heterocycles. The van der Waals surface area contributed by atoms with Gasteiger partial charge in [0.2, 0.25) is 0 Å². The van der Waals surface area contributed by atoms with E-state index in [1.807, 2.05) is 0 Å². The summed E-state index contributed by atoms with van der Waals surface area (Å²) in [5.41, 5.74) is 22.0. The number of para-hydroxylation sites is 6. The molecule has 14 rings (SSSR count). The maximum atomic E-state index is 2.50. The molecule has 0 saturated heterocycles. The van der Waals surface area contributed by atoms with Crippen molar-refractivity contribution in [3.05, 3.63) is 295 Å². The fourth-order valence-corrected chi connectivity index (χ4v) is 11.9. The van der Waals surface area contributed by atoms with E-state index in [9.17, 15) is 0 Å². The summed E-state index contributed by atoms with van der Waals surface area (Å²) in [5.74, 6) is 0. The zero-order valence-electron chi connectivity index (χ0n) is 38.3. The molecule has 3 nitrogen and oxygen atoms in total. The smallest absolute Gasteiger partial charge is 0.0755 e. The summed E-state index contributed by atoms with van der Waals surface area (Å²) in [7, 11) is 0. The first kappa shape index (κ1) is 39.9. The van der Waals surface area contributed by atoms with E-state index in [1.165, 1.54) is 77.7 Å². The highest BCUT2D eigenvalue weighted by Gasteiger charge is 2.51. The Kier molecular flexibility index (Phi) is 9.11. The van der Waals surface area contributed by atoms with Crippen LogP contribution in [0.3, 0.4) is 0 Å². The molecule has 0 bridgehead atoms. The van der Waals surface area contributed by atoms with Crippen LogP contribution in [0, 0.1) is 0 Å². The summed E-state index contributed by atoms with van der Waals surface area (Å²) in [6.07, 6.45) is 0. The van der Waals surface area contributed by atoms with Crippen LogP contribution in [-0.4, -0.2) is 4.57 Å². The Bertz CT molecular complexity index is 3860. The number of benzene rings is 11. The first-order valence-electron chi connectivity index (χ1n) is 24.2. The van der Waals surface area contributed by atoms with Crippen molar-refractivity contribution in [1.29, 1.82) is 0 Å². The molecule has 0 N–H and O–H groups in total. The van der Waals surface area contributed by atoms with Gasteiger partial charge in [-0.15, -0.1) is 0 Å². The fourth-order valence-electron chi connectivity index (χ4n) is 11.9. The maximum Gasteiger partial charge on any atom is 0.0755 e. The van der Waals surface area contributed by atoms with Crippen molar-refractivity contribution < 1.29 is 0 Å². The van der Waals surface area contributed by atoms with Crippen molar-refractivity contribution in [1.82, 2.24) is 4.57 Å². The lowest BCUT2D eigenvalue weighted by Crippen LogP contribution is -2.36. The minimum Gasteiger partial charge on any atom is -0.310 e. The van der Waals surface area contributed by atoms with Gasteiger partial charge in [0.15, 0.2) is 0 Å². The van der Waals surface area contributed by atoms with Crippen molar-refractivity contribution in [3.8, 4) is 39.1 Å². The van der Waals surface area contributed by atoms with Crippen LogP contribution in [-0.2, 0) is 5.41 Å². The normalized spacial score (nSPS) is 12.9. The number of fused-ring (bicyclic) bond motifs is 12. The average molecular weight is 892 g/mol. The van der Waals surface area contributed by atoms with Crippen molar-refractivity contribution >= 4 is 55.9 Å². The Labute approximate surface area is 408 Å². The van der Waals surface area contributed by atoms with E-state index in [0.29, 0.717) is 0 Å². The number of hydrogen-bond acceptors (Lipinski definition) is 2. The van der Waals surface area contributed by atoms with Crippen molar-refractivity contribution in [3.63, 3.8) is 0 Å². The van der Waals surface area contributed by atoms with Gasteiger partial charge in [-0.1, -0.05) is 188 Å². The van der Waals surface area contributed by atoms with E-state index in [4.69, 9.17) is 0 Å². The van der Waals surface area contributed by atoms with Gasteiger partial charge in [-0.3, -0.25) is 0 Å². The summed E-state index contributed by atoms with van der Waals surface area (Å²) in [4.78, 5) is 4.93.